The number of alkyl carbamates (subject to hydrolysis) is 1. The second-order valence-electron chi connectivity index (χ2n) is 7.34. The van der Waals surface area contributed by atoms with Crippen molar-refractivity contribution in [2.75, 3.05) is 6.61 Å². The zero-order valence-electron chi connectivity index (χ0n) is 16.2. The lowest BCUT2D eigenvalue weighted by atomic mass is 9.98. The Morgan fingerprint density at radius 3 is 2.25 bits per heavy atom. The second-order valence-corrected chi connectivity index (χ2v) is 7.34. The van der Waals surface area contributed by atoms with Gasteiger partial charge in [-0.1, -0.05) is 67.5 Å². The monoisotopic (exact) mass is 377 g/mol. The molecule has 2 aromatic carbocycles. The number of amides is 1. The molecule has 1 atom stereocenters. The third-order valence-corrected chi connectivity index (χ3v) is 5.02. The van der Waals surface area contributed by atoms with Crippen LogP contribution in [0.2, 0.25) is 0 Å². The molecule has 28 heavy (non-hydrogen) atoms. The smallest absolute Gasteiger partial charge is 0.407 e. The van der Waals surface area contributed by atoms with Gasteiger partial charge in [0, 0.05) is 11.8 Å². The van der Waals surface area contributed by atoms with Crippen LogP contribution in [0.1, 0.15) is 61.5 Å². The fourth-order valence-electron chi connectivity index (χ4n) is 3.54. The van der Waals surface area contributed by atoms with E-state index in [2.05, 4.69) is 39.7 Å². The number of nitrogens with one attached hydrogen (secondary N) is 1. The number of ether oxygens (including phenoxy) is 1. The van der Waals surface area contributed by atoms with Gasteiger partial charge in [0.25, 0.3) is 0 Å². The summed E-state index contributed by atoms with van der Waals surface area (Å²) in [6.45, 7) is 6.03. The predicted molar refractivity (Wildman–Crippen MR) is 105 cm³/mol. The molecule has 1 amide bonds. The molecule has 144 valence electrons. The molecule has 6 nitrogen and oxygen atoms in total. The zero-order chi connectivity index (χ0) is 19.7. The van der Waals surface area contributed by atoms with Crippen molar-refractivity contribution in [2.24, 2.45) is 0 Å². The minimum atomic E-state index is -0.501. The van der Waals surface area contributed by atoms with Gasteiger partial charge in [-0.25, -0.2) is 4.79 Å². The number of benzene rings is 2. The van der Waals surface area contributed by atoms with Gasteiger partial charge in [0.05, 0.1) is 0 Å². The highest BCUT2D eigenvalue weighted by Gasteiger charge is 2.29. The molecule has 0 bridgehead atoms. The number of aromatic nitrogens is 2. The largest absolute Gasteiger partial charge is 0.449 e. The number of carbonyl (C=O) groups is 1. The van der Waals surface area contributed by atoms with Gasteiger partial charge >= 0.3 is 6.09 Å². The summed E-state index contributed by atoms with van der Waals surface area (Å²) >= 11 is 0. The van der Waals surface area contributed by atoms with Crippen LogP contribution in [-0.2, 0) is 4.74 Å². The molecule has 0 spiro atoms. The molecule has 1 heterocycles. The van der Waals surface area contributed by atoms with E-state index in [4.69, 9.17) is 9.26 Å². The first-order chi connectivity index (χ1) is 13.5. The topological polar surface area (TPSA) is 77.2 Å². The van der Waals surface area contributed by atoms with Crippen LogP contribution in [0.5, 0.6) is 0 Å². The van der Waals surface area contributed by atoms with Gasteiger partial charge in [-0.3, -0.25) is 0 Å². The standard InChI is InChI=1S/C22H23N3O3/c1-13(2)20-24-21(28-25-20)14(3)23-22(26)27-12-19-17-10-6-4-8-15(17)16-9-5-7-11-18(16)19/h4-11,13-14,19H,12H2,1-3H3,(H,23,26)/t14-/m0/s1. The molecule has 0 fully saturated rings. The van der Waals surface area contributed by atoms with E-state index in [-0.39, 0.29) is 18.4 Å². The third-order valence-electron chi connectivity index (χ3n) is 5.02. The maximum Gasteiger partial charge on any atom is 0.407 e. The molecular weight excluding hydrogens is 354 g/mol. The van der Waals surface area contributed by atoms with E-state index in [0.717, 1.165) is 0 Å². The van der Waals surface area contributed by atoms with Crippen LogP contribution in [0.3, 0.4) is 0 Å². The van der Waals surface area contributed by atoms with Crippen molar-refractivity contribution in [3.63, 3.8) is 0 Å². The van der Waals surface area contributed by atoms with Crippen molar-refractivity contribution < 1.29 is 14.1 Å². The molecule has 0 unspecified atom stereocenters. The first-order valence-electron chi connectivity index (χ1n) is 9.49. The molecular formula is C22H23N3O3. The van der Waals surface area contributed by atoms with Crippen LogP contribution in [0.15, 0.2) is 53.1 Å². The summed E-state index contributed by atoms with van der Waals surface area (Å²) in [7, 11) is 0. The fraction of sp³-hybridized carbons (Fsp3) is 0.318. The average molecular weight is 377 g/mol. The lowest BCUT2D eigenvalue weighted by Gasteiger charge is -2.15. The Kier molecular flexibility index (Phi) is 4.86. The highest BCUT2D eigenvalue weighted by Crippen LogP contribution is 2.44. The third kappa shape index (κ3) is 3.38. The summed E-state index contributed by atoms with van der Waals surface area (Å²) in [5, 5.41) is 6.69. The molecule has 1 aliphatic carbocycles. The average Bonchev–Trinajstić information content (AvgIpc) is 3.30. The van der Waals surface area contributed by atoms with Gasteiger partial charge in [-0.05, 0) is 29.2 Å². The fourth-order valence-corrected chi connectivity index (χ4v) is 3.54. The predicted octanol–water partition coefficient (Wildman–Crippen LogP) is 4.79. The van der Waals surface area contributed by atoms with Crippen molar-refractivity contribution in [3.05, 3.63) is 71.4 Å². The number of rotatable bonds is 5. The van der Waals surface area contributed by atoms with Crippen LogP contribution >= 0.6 is 0 Å². The van der Waals surface area contributed by atoms with Gasteiger partial charge in [-0.2, -0.15) is 4.98 Å². The highest BCUT2D eigenvalue weighted by molar-refractivity contribution is 5.79. The van der Waals surface area contributed by atoms with Crippen molar-refractivity contribution in [2.45, 2.75) is 38.6 Å². The van der Waals surface area contributed by atoms with Crippen molar-refractivity contribution in [1.82, 2.24) is 15.5 Å². The minimum Gasteiger partial charge on any atom is -0.449 e. The summed E-state index contributed by atoms with van der Waals surface area (Å²) < 4.78 is 10.8. The van der Waals surface area contributed by atoms with Crippen LogP contribution < -0.4 is 5.32 Å². The quantitative estimate of drug-likeness (QED) is 0.691. The van der Waals surface area contributed by atoms with Gasteiger partial charge in [0.2, 0.25) is 5.89 Å². The summed E-state index contributed by atoms with van der Waals surface area (Å²) in [6.07, 6.45) is -0.501. The Hall–Kier alpha value is -3.15. The van der Waals surface area contributed by atoms with E-state index in [9.17, 15) is 4.79 Å². The molecule has 1 aromatic heterocycles. The molecule has 0 saturated heterocycles. The molecule has 4 rings (SSSR count). The summed E-state index contributed by atoms with van der Waals surface area (Å²) in [6, 6.07) is 16.1. The second kappa shape index (κ2) is 7.46. The van der Waals surface area contributed by atoms with Gasteiger partial charge in [-0.15, -0.1) is 0 Å². The lowest BCUT2D eigenvalue weighted by Crippen LogP contribution is -2.29. The number of carbonyl (C=O) groups excluding carboxylic acids is 1. The first kappa shape index (κ1) is 18.2. The Balaban J connectivity index is 1.42. The van der Waals surface area contributed by atoms with E-state index in [1.54, 1.807) is 6.92 Å². The Morgan fingerprint density at radius 2 is 1.68 bits per heavy atom. The van der Waals surface area contributed by atoms with Crippen molar-refractivity contribution >= 4 is 6.09 Å². The van der Waals surface area contributed by atoms with Crippen molar-refractivity contribution in [1.29, 1.82) is 0 Å². The van der Waals surface area contributed by atoms with Gasteiger partial charge < -0.3 is 14.6 Å². The first-order valence-corrected chi connectivity index (χ1v) is 9.49. The minimum absolute atomic E-state index is 0.0319. The van der Waals surface area contributed by atoms with Gasteiger partial charge in [0.1, 0.15) is 12.6 Å². The van der Waals surface area contributed by atoms with Gasteiger partial charge in [0.15, 0.2) is 5.82 Å². The summed E-state index contributed by atoms with van der Waals surface area (Å²) in [5.74, 6) is 1.19. The Morgan fingerprint density at radius 1 is 1.07 bits per heavy atom. The molecule has 6 heteroatoms. The van der Waals surface area contributed by atoms with Crippen LogP contribution in [0, 0.1) is 0 Å². The maximum atomic E-state index is 12.3. The number of fused-ring (bicyclic) bond motifs is 3. The molecule has 1 N–H and O–H groups in total. The van der Waals surface area contributed by atoms with Crippen molar-refractivity contribution in [3.8, 4) is 11.1 Å². The van der Waals surface area contributed by atoms with E-state index < -0.39 is 12.1 Å². The maximum absolute atomic E-state index is 12.3. The highest BCUT2D eigenvalue weighted by atomic mass is 16.5. The summed E-state index contributed by atoms with van der Waals surface area (Å²) in [5.41, 5.74) is 4.77. The van der Waals surface area contributed by atoms with E-state index in [1.165, 1.54) is 22.3 Å². The molecule has 1 aliphatic rings. The number of hydrogen-bond acceptors (Lipinski definition) is 5. The Labute approximate surface area is 163 Å². The molecule has 0 aliphatic heterocycles. The number of hydrogen-bond donors (Lipinski definition) is 1. The van der Waals surface area contributed by atoms with Crippen LogP contribution in [-0.4, -0.2) is 22.8 Å². The molecule has 3 aromatic rings. The van der Waals surface area contributed by atoms with E-state index in [1.807, 2.05) is 38.1 Å². The summed E-state index contributed by atoms with van der Waals surface area (Å²) in [4.78, 5) is 16.6. The van der Waals surface area contributed by atoms with E-state index in [0.29, 0.717) is 11.7 Å². The lowest BCUT2D eigenvalue weighted by molar-refractivity contribution is 0.137. The zero-order valence-corrected chi connectivity index (χ0v) is 16.2. The molecule has 0 radical (unpaired) electrons. The van der Waals surface area contributed by atoms with Crippen LogP contribution in [0.25, 0.3) is 11.1 Å². The molecule has 0 saturated carbocycles. The Bertz CT molecular complexity index is 950. The SMILES string of the molecule is CC(C)c1noc([C@H](C)NC(=O)OCC2c3ccccc3-c3ccccc32)n1. The normalized spacial score (nSPS) is 13.9. The van der Waals surface area contributed by atoms with E-state index >= 15 is 0 Å². The number of nitrogens with zero attached hydrogens (tertiary/aromatic N) is 2. The van der Waals surface area contributed by atoms with Crippen LogP contribution in [0.4, 0.5) is 4.79 Å².